The van der Waals surface area contributed by atoms with Crippen LogP contribution in [0, 0.1) is 5.92 Å². The summed E-state index contributed by atoms with van der Waals surface area (Å²) in [5.41, 5.74) is 0. The van der Waals surface area contributed by atoms with Gasteiger partial charge < -0.3 is 0 Å². The van der Waals surface area contributed by atoms with E-state index >= 15 is 0 Å². The van der Waals surface area contributed by atoms with E-state index in [4.69, 9.17) is 10.0 Å². The third kappa shape index (κ3) is 8.82. The average molecular weight is 310 g/mol. The fourth-order valence-corrected chi connectivity index (χ4v) is 3.03. The molecule has 0 aromatic heterocycles. The maximum atomic E-state index is 5.82. The van der Waals surface area contributed by atoms with Crippen LogP contribution in [0.3, 0.4) is 0 Å². The normalized spacial score (nSPS) is 12.0. The summed E-state index contributed by atoms with van der Waals surface area (Å²) in [4.78, 5) is 0. The first kappa shape index (κ1) is 18.4. The van der Waals surface area contributed by atoms with Crippen LogP contribution >= 0.6 is 10.0 Å². The zero-order valence-electron chi connectivity index (χ0n) is 11.9. The van der Waals surface area contributed by atoms with Gasteiger partial charge in [0.2, 0.25) is 0 Å². The average Bonchev–Trinajstić information content (AvgIpc) is 2.17. The minimum absolute atomic E-state index is 0.110. The maximum absolute atomic E-state index is 5.82. The molecule has 0 saturated heterocycles. The van der Waals surface area contributed by atoms with Crippen molar-refractivity contribution in [1.29, 1.82) is 0 Å². The summed E-state index contributed by atoms with van der Waals surface area (Å²) in [6, 6.07) is 0. The molecule has 0 aliphatic rings. The molecular weight excluding hydrogens is 280 g/mol. The molecule has 0 unspecified atom stereocenters. The summed E-state index contributed by atoms with van der Waals surface area (Å²) < 4.78 is 0. The van der Waals surface area contributed by atoms with Gasteiger partial charge in [-0.15, -0.1) is 0 Å². The quantitative estimate of drug-likeness (QED) is 0.607. The molecule has 0 spiro atoms. The number of hydrogen-bond donors (Lipinski definition) is 0. The fraction of sp³-hybridized carbons (Fsp3) is 1.00. The van der Waals surface area contributed by atoms with Gasteiger partial charge in [-0.2, -0.15) is 0 Å². The van der Waals surface area contributed by atoms with Crippen molar-refractivity contribution in [2.45, 2.75) is 70.2 Å². The minimum atomic E-state index is -0.907. The zero-order valence-corrected chi connectivity index (χ0v) is 15.7. The Balaban J connectivity index is 0. The summed E-state index contributed by atoms with van der Waals surface area (Å²) in [7, 11) is 5.71. The van der Waals surface area contributed by atoms with E-state index in [1.165, 1.54) is 10.5 Å². The second-order valence-electron chi connectivity index (χ2n) is 5.10. The van der Waals surface area contributed by atoms with Crippen LogP contribution in [-0.4, -0.2) is 22.2 Å². The van der Waals surface area contributed by atoms with Crippen LogP contribution < -0.4 is 0 Å². The van der Waals surface area contributed by atoms with Crippen LogP contribution in [0.1, 0.15) is 41.5 Å². The van der Waals surface area contributed by atoms with Gasteiger partial charge in [0.1, 0.15) is 0 Å². The second-order valence-corrected chi connectivity index (χ2v) is 16.3. The van der Waals surface area contributed by atoms with E-state index in [-0.39, 0.29) is 8.80 Å². The van der Waals surface area contributed by atoms with E-state index in [0.717, 1.165) is 5.92 Å². The third-order valence-electron chi connectivity index (χ3n) is 3.50. The topological polar surface area (TPSA) is 0 Å². The molecular formula is C12H29ClGeSi. The van der Waals surface area contributed by atoms with Gasteiger partial charge in [-0.05, 0) is 11.0 Å². The predicted octanol–water partition coefficient (Wildman–Crippen LogP) is 5.43. The van der Waals surface area contributed by atoms with Crippen molar-refractivity contribution in [1.82, 2.24) is 0 Å². The summed E-state index contributed by atoms with van der Waals surface area (Å²) in [6.45, 7) is 18.5. The first-order chi connectivity index (χ1) is 6.69. The molecule has 0 nitrogen and oxygen atoms in total. The van der Waals surface area contributed by atoms with Crippen LogP contribution in [0.2, 0.25) is 28.6 Å². The third-order valence-corrected chi connectivity index (χ3v) is 12.7. The summed E-state index contributed by atoms with van der Waals surface area (Å²) >= 11 is -0.907. The van der Waals surface area contributed by atoms with Crippen LogP contribution in [0.5, 0.6) is 0 Å². The molecule has 92 valence electrons. The van der Waals surface area contributed by atoms with E-state index in [2.05, 4.69) is 54.6 Å². The van der Waals surface area contributed by atoms with Crippen molar-refractivity contribution >= 4 is 32.2 Å². The molecule has 0 aliphatic carbocycles. The van der Waals surface area contributed by atoms with Crippen molar-refractivity contribution in [3.8, 4) is 0 Å². The van der Waals surface area contributed by atoms with Gasteiger partial charge in [0.25, 0.3) is 0 Å². The first-order valence-corrected chi connectivity index (χ1v) is 14.2. The van der Waals surface area contributed by atoms with Gasteiger partial charge in [-0.25, -0.2) is 0 Å². The molecule has 0 saturated carbocycles. The Morgan fingerprint density at radius 1 is 1.13 bits per heavy atom. The van der Waals surface area contributed by atoms with Crippen LogP contribution in [-0.2, 0) is 0 Å². The van der Waals surface area contributed by atoms with E-state index in [1.54, 1.807) is 0 Å². The molecule has 0 heterocycles. The SMILES string of the molecule is CC(C)C(C)(C)[Si](C)C.C[CH2][Ge]([Cl])[CH2]C. The molecule has 15 heavy (non-hydrogen) atoms. The monoisotopic (exact) mass is 310 g/mol. The summed E-state index contributed by atoms with van der Waals surface area (Å²) in [6.07, 6.45) is 0. The predicted molar refractivity (Wildman–Crippen MR) is 78.9 cm³/mol. The molecule has 0 N–H and O–H groups in total. The summed E-state index contributed by atoms with van der Waals surface area (Å²) in [5.74, 6) is 0.835. The molecule has 0 fully saturated rings. The Morgan fingerprint density at radius 3 is 1.47 bits per heavy atom. The molecule has 0 atom stereocenters. The number of rotatable bonds is 4. The molecule has 0 aromatic carbocycles. The molecule has 0 rings (SSSR count). The Bertz CT molecular complexity index is 133. The molecule has 3 heteroatoms. The Kier molecular flexibility index (Phi) is 11.2. The standard InChI is InChI=1S/C8H19Si.C4H10ClGe/c1-7(2)8(3,4)9(5)6;1-3-6(5)4-2/h7H,1-6H3;3-4H2,1-2H3. The van der Waals surface area contributed by atoms with Crippen molar-refractivity contribution in [3.63, 3.8) is 0 Å². The van der Waals surface area contributed by atoms with E-state index in [0.29, 0.717) is 5.04 Å². The Hall–Kier alpha value is 1.05. The molecule has 2 radical (unpaired) electrons. The van der Waals surface area contributed by atoms with Gasteiger partial charge in [-0.1, -0.05) is 40.8 Å². The van der Waals surface area contributed by atoms with E-state index in [9.17, 15) is 0 Å². The van der Waals surface area contributed by atoms with Crippen molar-refractivity contribution in [2.75, 3.05) is 0 Å². The van der Waals surface area contributed by atoms with E-state index in [1.807, 2.05) is 0 Å². The Labute approximate surface area is 108 Å². The summed E-state index contributed by atoms with van der Waals surface area (Å²) in [5, 5.41) is 3.13. The second kappa shape index (κ2) is 9.12. The van der Waals surface area contributed by atoms with Crippen molar-refractivity contribution in [3.05, 3.63) is 0 Å². The van der Waals surface area contributed by atoms with Crippen molar-refractivity contribution < 1.29 is 0 Å². The van der Waals surface area contributed by atoms with Gasteiger partial charge in [0.15, 0.2) is 0 Å². The molecule has 0 aliphatic heterocycles. The van der Waals surface area contributed by atoms with E-state index < -0.39 is 13.4 Å². The number of halogens is 1. The van der Waals surface area contributed by atoms with Crippen LogP contribution in [0.25, 0.3) is 0 Å². The number of hydrogen-bond acceptors (Lipinski definition) is 0. The van der Waals surface area contributed by atoms with Gasteiger partial charge >= 0.3 is 47.8 Å². The van der Waals surface area contributed by atoms with Gasteiger partial charge in [0, 0.05) is 8.80 Å². The van der Waals surface area contributed by atoms with Crippen LogP contribution in [0.15, 0.2) is 0 Å². The van der Waals surface area contributed by atoms with Gasteiger partial charge in [0.05, 0.1) is 0 Å². The first-order valence-electron chi connectivity index (χ1n) is 6.00. The van der Waals surface area contributed by atoms with Gasteiger partial charge in [-0.3, -0.25) is 0 Å². The Morgan fingerprint density at radius 2 is 1.47 bits per heavy atom. The van der Waals surface area contributed by atoms with Crippen LogP contribution in [0.4, 0.5) is 0 Å². The zero-order chi connectivity index (χ0) is 12.6. The molecule has 0 bridgehead atoms. The molecule has 0 aromatic rings. The fourth-order valence-electron chi connectivity index (χ4n) is 0.827. The molecule has 0 amide bonds. The van der Waals surface area contributed by atoms with Crippen molar-refractivity contribution in [2.24, 2.45) is 5.92 Å².